The monoisotopic (exact) mass is 256 g/mol. The van der Waals surface area contributed by atoms with Crippen LogP contribution in [0.3, 0.4) is 0 Å². The highest BCUT2D eigenvalue weighted by molar-refractivity contribution is 7.78. The molecule has 2 rings (SSSR count). The number of nitrogens with one attached hydrogen (secondary N) is 1. The van der Waals surface area contributed by atoms with Gasteiger partial charge in [-0.1, -0.05) is 48.1 Å². The van der Waals surface area contributed by atoms with Gasteiger partial charge >= 0.3 is 0 Å². The number of hydrogen-bond donors (Lipinski definition) is 1. The summed E-state index contributed by atoms with van der Waals surface area (Å²) in [6, 6.07) is 8.40. The van der Waals surface area contributed by atoms with Crippen molar-refractivity contribution in [2.24, 2.45) is 0 Å². The molecule has 0 unspecified atom stereocenters. The van der Waals surface area contributed by atoms with Crippen LogP contribution in [-0.4, -0.2) is 17.4 Å². The SMILES string of the molecule is Cc1ccc(/C(NC=S)=C2\C=CC=CN2C)cc1. The lowest BCUT2D eigenvalue weighted by Crippen LogP contribution is -2.19. The lowest BCUT2D eigenvalue weighted by Gasteiger charge is -2.22. The van der Waals surface area contributed by atoms with E-state index in [0.717, 1.165) is 17.0 Å². The van der Waals surface area contributed by atoms with Gasteiger partial charge in [0.25, 0.3) is 0 Å². The van der Waals surface area contributed by atoms with Crippen molar-refractivity contribution in [3.63, 3.8) is 0 Å². The van der Waals surface area contributed by atoms with E-state index in [1.807, 2.05) is 25.4 Å². The first-order valence-electron chi connectivity index (χ1n) is 5.81. The van der Waals surface area contributed by atoms with Crippen molar-refractivity contribution >= 4 is 23.4 Å². The highest BCUT2D eigenvalue weighted by Crippen LogP contribution is 2.21. The predicted molar refractivity (Wildman–Crippen MR) is 80.9 cm³/mol. The second kappa shape index (κ2) is 5.65. The lowest BCUT2D eigenvalue weighted by molar-refractivity contribution is 0.584. The van der Waals surface area contributed by atoms with Crippen molar-refractivity contribution in [3.8, 4) is 0 Å². The van der Waals surface area contributed by atoms with Crippen molar-refractivity contribution in [2.45, 2.75) is 6.92 Å². The van der Waals surface area contributed by atoms with Crippen LogP contribution in [0.2, 0.25) is 0 Å². The molecule has 1 aliphatic heterocycles. The molecule has 0 saturated heterocycles. The summed E-state index contributed by atoms with van der Waals surface area (Å²) in [7, 11) is 2.02. The normalized spacial score (nSPS) is 16.7. The standard InChI is InChI=1S/C15H16N2S/c1-12-6-8-13(9-7-12)15(16-11-18)14-5-3-4-10-17(14)2/h3-11H,1-2H3,(H,16,18)/b15-14-. The number of thiocarbonyl (C=S) groups is 1. The molecule has 1 aromatic carbocycles. The number of hydrogen-bond acceptors (Lipinski definition) is 2. The summed E-state index contributed by atoms with van der Waals surface area (Å²) in [5.74, 6) is 0. The molecule has 2 nitrogen and oxygen atoms in total. The molecule has 1 aromatic rings. The first-order chi connectivity index (χ1) is 8.72. The minimum absolute atomic E-state index is 1.02. The number of nitrogens with zero attached hydrogens (tertiary/aromatic N) is 1. The third-order valence-electron chi connectivity index (χ3n) is 2.85. The van der Waals surface area contributed by atoms with Gasteiger partial charge in [0.15, 0.2) is 0 Å². The van der Waals surface area contributed by atoms with Gasteiger partial charge in [0, 0.05) is 18.8 Å². The molecular weight excluding hydrogens is 240 g/mol. The molecule has 0 radical (unpaired) electrons. The summed E-state index contributed by atoms with van der Waals surface area (Å²) in [5, 5.41) is 3.16. The molecule has 1 aliphatic rings. The van der Waals surface area contributed by atoms with Crippen molar-refractivity contribution in [3.05, 3.63) is 65.5 Å². The van der Waals surface area contributed by atoms with E-state index in [-0.39, 0.29) is 0 Å². The van der Waals surface area contributed by atoms with Gasteiger partial charge in [-0.25, -0.2) is 0 Å². The maximum absolute atomic E-state index is 4.93. The fourth-order valence-corrected chi connectivity index (χ4v) is 1.99. The first kappa shape index (κ1) is 12.6. The van der Waals surface area contributed by atoms with E-state index in [0.29, 0.717) is 0 Å². The summed E-state index contributed by atoms with van der Waals surface area (Å²) in [6.07, 6.45) is 8.12. The molecule has 0 aromatic heterocycles. The molecule has 0 fully saturated rings. The van der Waals surface area contributed by atoms with Gasteiger partial charge < -0.3 is 10.2 Å². The van der Waals surface area contributed by atoms with Gasteiger partial charge in [0.2, 0.25) is 0 Å². The molecule has 0 atom stereocenters. The molecule has 0 spiro atoms. The summed E-state index contributed by atoms with van der Waals surface area (Å²) in [6.45, 7) is 2.08. The zero-order valence-corrected chi connectivity index (χ0v) is 11.4. The largest absolute Gasteiger partial charge is 0.350 e. The predicted octanol–water partition coefficient (Wildman–Crippen LogP) is 3.23. The zero-order valence-electron chi connectivity index (χ0n) is 10.6. The Morgan fingerprint density at radius 3 is 2.56 bits per heavy atom. The fourth-order valence-electron chi connectivity index (χ4n) is 1.87. The number of allylic oxidation sites excluding steroid dienone is 3. The Bertz CT molecular complexity index is 524. The van der Waals surface area contributed by atoms with Gasteiger partial charge in [-0.2, -0.15) is 0 Å². The topological polar surface area (TPSA) is 15.3 Å². The maximum Gasteiger partial charge on any atom is 0.0700 e. The second-order valence-corrected chi connectivity index (χ2v) is 4.44. The number of benzene rings is 1. The van der Waals surface area contributed by atoms with E-state index in [9.17, 15) is 0 Å². The van der Waals surface area contributed by atoms with Crippen molar-refractivity contribution in [1.82, 2.24) is 10.2 Å². The second-order valence-electron chi connectivity index (χ2n) is 4.20. The van der Waals surface area contributed by atoms with E-state index in [4.69, 9.17) is 12.2 Å². The average molecular weight is 256 g/mol. The van der Waals surface area contributed by atoms with Crippen LogP contribution in [0.1, 0.15) is 11.1 Å². The minimum atomic E-state index is 1.02. The Hall–Kier alpha value is -1.87. The maximum atomic E-state index is 4.93. The summed E-state index contributed by atoms with van der Waals surface area (Å²) < 4.78 is 0. The fraction of sp³-hybridized carbons (Fsp3) is 0.133. The van der Waals surface area contributed by atoms with Crippen LogP contribution < -0.4 is 5.32 Å². The Morgan fingerprint density at radius 2 is 1.94 bits per heavy atom. The van der Waals surface area contributed by atoms with Crippen LogP contribution in [-0.2, 0) is 0 Å². The summed E-state index contributed by atoms with van der Waals surface area (Å²) in [5.41, 5.74) is 6.04. The molecule has 18 heavy (non-hydrogen) atoms. The Balaban J connectivity index is 2.48. The van der Waals surface area contributed by atoms with Gasteiger partial charge in [-0.15, -0.1) is 0 Å². The summed E-state index contributed by atoms with van der Waals surface area (Å²) >= 11 is 4.93. The first-order valence-corrected chi connectivity index (χ1v) is 6.28. The van der Waals surface area contributed by atoms with E-state index in [1.165, 1.54) is 5.56 Å². The molecule has 0 saturated carbocycles. The smallest absolute Gasteiger partial charge is 0.0700 e. The molecule has 3 heteroatoms. The highest BCUT2D eigenvalue weighted by Gasteiger charge is 2.10. The third-order valence-corrected chi connectivity index (χ3v) is 2.97. The van der Waals surface area contributed by atoms with Crippen molar-refractivity contribution in [2.75, 3.05) is 7.05 Å². The molecule has 0 bridgehead atoms. The molecule has 0 aliphatic carbocycles. The molecule has 1 heterocycles. The van der Waals surface area contributed by atoms with Crippen LogP contribution in [0, 0.1) is 6.92 Å². The van der Waals surface area contributed by atoms with Crippen LogP contribution in [0.25, 0.3) is 5.70 Å². The van der Waals surface area contributed by atoms with Crippen LogP contribution in [0.15, 0.2) is 54.4 Å². The Kier molecular flexibility index (Phi) is 3.95. The van der Waals surface area contributed by atoms with Gasteiger partial charge in [0.05, 0.1) is 16.9 Å². The Labute approximate surface area is 113 Å². The zero-order chi connectivity index (χ0) is 13.0. The molecule has 0 amide bonds. The number of aryl methyl sites for hydroxylation is 1. The minimum Gasteiger partial charge on any atom is -0.350 e. The Morgan fingerprint density at radius 1 is 1.22 bits per heavy atom. The lowest BCUT2D eigenvalue weighted by atomic mass is 10.1. The van der Waals surface area contributed by atoms with E-state index < -0.39 is 0 Å². The number of likely N-dealkylation sites (N-methyl/N-ethyl adjacent to an activating group) is 1. The van der Waals surface area contributed by atoms with E-state index in [1.54, 1.807) is 5.49 Å². The van der Waals surface area contributed by atoms with E-state index >= 15 is 0 Å². The van der Waals surface area contributed by atoms with Crippen molar-refractivity contribution < 1.29 is 0 Å². The van der Waals surface area contributed by atoms with Crippen LogP contribution in [0.4, 0.5) is 0 Å². The van der Waals surface area contributed by atoms with Crippen LogP contribution in [0.5, 0.6) is 0 Å². The van der Waals surface area contributed by atoms with Crippen LogP contribution >= 0.6 is 12.2 Å². The number of rotatable bonds is 3. The average Bonchev–Trinajstić information content (AvgIpc) is 2.38. The van der Waals surface area contributed by atoms with Crippen molar-refractivity contribution in [1.29, 1.82) is 0 Å². The van der Waals surface area contributed by atoms with Gasteiger partial charge in [0.1, 0.15) is 0 Å². The summed E-state index contributed by atoms with van der Waals surface area (Å²) in [4.78, 5) is 2.07. The molecular formula is C15H16N2S. The molecule has 1 N–H and O–H groups in total. The third kappa shape index (κ3) is 2.68. The van der Waals surface area contributed by atoms with Gasteiger partial charge in [-0.3, -0.25) is 0 Å². The molecule has 92 valence electrons. The quantitative estimate of drug-likeness (QED) is 0.836. The van der Waals surface area contributed by atoms with E-state index in [2.05, 4.69) is 47.5 Å². The highest BCUT2D eigenvalue weighted by atomic mass is 32.1. The van der Waals surface area contributed by atoms with Gasteiger partial charge in [-0.05, 0) is 19.1 Å².